The van der Waals surface area contributed by atoms with E-state index in [1.807, 2.05) is 11.9 Å². The fraction of sp³-hybridized carbons (Fsp3) is 1.00. The summed E-state index contributed by atoms with van der Waals surface area (Å²) in [6.45, 7) is 7.41. The molecule has 5 nitrogen and oxygen atoms in total. The Kier molecular flexibility index (Phi) is 5.85. The van der Waals surface area contributed by atoms with E-state index >= 15 is 0 Å². The molecule has 2 N–H and O–H groups in total. The predicted octanol–water partition coefficient (Wildman–Crippen LogP) is 0.693. The van der Waals surface area contributed by atoms with Gasteiger partial charge in [0.2, 0.25) is 10.0 Å². The van der Waals surface area contributed by atoms with Crippen molar-refractivity contribution in [2.24, 2.45) is 0 Å². The molecule has 0 saturated carbocycles. The van der Waals surface area contributed by atoms with Gasteiger partial charge in [-0.15, -0.1) is 4.83 Å². The summed E-state index contributed by atoms with van der Waals surface area (Å²) in [6, 6.07) is 0.570. The molecule has 1 saturated heterocycles. The van der Waals surface area contributed by atoms with Crippen molar-refractivity contribution >= 4 is 10.0 Å². The first-order valence-electron chi connectivity index (χ1n) is 6.45. The van der Waals surface area contributed by atoms with Crippen LogP contribution in [0.4, 0.5) is 0 Å². The second-order valence-corrected chi connectivity index (χ2v) is 6.62. The zero-order chi connectivity index (χ0) is 12.9. The van der Waals surface area contributed by atoms with Gasteiger partial charge in [0.25, 0.3) is 0 Å². The summed E-state index contributed by atoms with van der Waals surface area (Å²) in [7, 11) is -3.21. The minimum atomic E-state index is -3.21. The van der Waals surface area contributed by atoms with Crippen LogP contribution in [-0.2, 0) is 10.0 Å². The molecule has 0 spiro atoms. The molecule has 2 unspecified atom stereocenters. The normalized spacial score (nSPS) is 27.2. The topological polar surface area (TPSA) is 61.4 Å². The van der Waals surface area contributed by atoms with Gasteiger partial charge in [0.15, 0.2) is 0 Å². The molecule has 0 radical (unpaired) electrons. The van der Waals surface area contributed by atoms with Crippen LogP contribution in [0.5, 0.6) is 0 Å². The van der Waals surface area contributed by atoms with Crippen molar-refractivity contribution in [1.29, 1.82) is 0 Å². The van der Waals surface area contributed by atoms with E-state index in [9.17, 15) is 8.42 Å². The molecule has 17 heavy (non-hydrogen) atoms. The summed E-state index contributed by atoms with van der Waals surface area (Å²) in [5.41, 5.74) is 0. The average Bonchev–Trinajstić information content (AvgIpc) is 2.24. The lowest BCUT2D eigenvalue weighted by atomic mass is 10.0. The van der Waals surface area contributed by atoms with Gasteiger partial charge in [0, 0.05) is 18.6 Å². The third-order valence-corrected chi connectivity index (χ3v) is 4.47. The van der Waals surface area contributed by atoms with Crippen LogP contribution in [0.3, 0.4) is 0 Å². The molecule has 102 valence electrons. The Morgan fingerprint density at radius 1 is 1.24 bits per heavy atom. The average molecular weight is 263 g/mol. The summed E-state index contributed by atoms with van der Waals surface area (Å²) < 4.78 is 23.7. The fourth-order valence-electron chi connectivity index (χ4n) is 2.19. The zero-order valence-corrected chi connectivity index (χ0v) is 11.9. The molecule has 0 aromatic heterocycles. The van der Waals surface area contributed by atoms with Crippen LogP contribution in [0.1, 0.15) is 40.0 Å². The molecule has 1 fully saturated rings. The molecule has 1 rings (SSSR count). The highest BCUT2D eigenvalue weighted by atomic mass is 32.2. The fourth-order valence-corrected chi connectivity index (χ4v) is 3.38. The SMILES string of the molecule is CCNCCS(=O)(=O)NN1C(C)CCCC1C. The molecular formula is C11H25N3O2S. The number of nitrogens with one attached hydrogen (secondary N) is 2. The standard InChI is InChI=1S/C11H25N3O2S/c1-4-12-8-9-17(15,16)13-14-10(2)6-5-7-11(14)3/h10-13H,4-9H2,1-3H3. The van der Waals surface area contributed by atoms with Crippen LogP contribution in [0, 0.1) is 0 Å². The van der Waals surface area contributed by atoms with E-state index in [1.165, 1.54) is 6.42 Å². The number of hydrazine groups is 1. The molecular weight excluding hydrogens is 238 g/mol. The summed E-state index contributed by atoms with van der Waals surface area (Å²) in [6.07, 6.45) is 3.29. The molecule has 0 aromatic carbocycles. The summed E-state index contributed by atoms with van der Waals surface area (Å²) in [5.74, 6) is 0.136. The summed E-state index contributed by atoms with van der Waals surface area (Å²) in [5, 5.41) is 4.92. The maximum Gasteiger partial charge on any atom is 0.225 e. The lowest BCUT2D eigenvalue weighted by Crippen LogP contribution is -2.54. The number of piperidine rings is 1. The maximum atomic E-state index is 11.9. The van der Waals surface area contributed by atoms with Gasteiger partial charge >= 0.3 is 0 Å². The van der Waals surface area contributed by atoms with E-state index in [1.54, 1.807) is 0 Å². The van der Waals surface area contributed by atoms with Crippen molar-refractivity contribution in [2.45, 2.75) is 52.1 Å². The number of sulfonamides is 1. The Labute approximate surface area is 105 Å². The Balaban J connectivity index is 2.50. The van der Waals surface area contributed by atoms with Crippen LogP contribution < -0.4 is 10.1 Å². The van der Waals surface area contributed by atoms with Crippen molar-refractivity contribution in [2.75, 3.05) is 18.8 Å². The van der Waals surface area contributed by atoms with Gasteiger partial charge in [-0.3, -0.25) is 0 Å². The quantitative estimate of drug-likeness (QED) is 0.692. The molecule has 0 bridgehead atoms. The third kappa shape index (κ3) is 4.91. The highest BCUT2D eigenvalue weighted by Gasteiger charge is 2.27. The second kappa shape index (κ2) is 6.68. The van der Waals surface area contributed by atoms with Crippen molar-refractivity contribution in [3.63, 3.8) is 0 Å². The van der Waals surface area contributed by atoms with Gasteiger partial charge in [-0.25, -0.2) is 13.4 Å². The van der Waals surface area contributed by atoms with Crippen molar-refractivity contribution in [1.82, 2.24) is 15.2 Å². The Morgan fingerprint density at radius 2 is 1.82 bits per heavy atom. The highest BCUT2D eigenvalue weighted by molar-refractivity contribution is 7.89. The highest BCUT2D eigenvalue weighted by Crippen LogP contribution is 2.20. The Morgan fingerprint density at radius 3 is 2.35 bits per heavy atom. The van der Waals surface area contributed by atoms with E-state index in [0.29, 0.717) is 6.54 Å². The summed E-state index contributed by atoms with van der Waals surface area (Å²) in [4.78, 5) is 2.72. The van der Waals surface area contributed by atoms with Gasteiger partial charge in [0.1, 0.15) is 0 Å². The largest absolute Gasteiger partial charge is 0.316 e. The maximum absolute atomic E-state index is 11.9. The minimum Gasteiger partial charge on any atom is -0.316 e. The van der Waals surface area contributed by atoms with E-state index in [0.717, 1.165) is 19.4 Å². The van der Waals surface area contributed by atoms with Crippen LogP contribution in [0.15, 0.2) is 0 Å². The first-order chi connectivity index (χ1) is 7.96. The number of rotatable bonds is 6. The predicted molar refractivity (Wildman–Crippen MR) is 70.1 cm³/mol. The lowest BCUT2D eigenvalue weighted by molar-refractivity contribution is 0.0790. The van der Waals surface area contributed by atoms with Gasteiger partial charge in [-0.2, -0.15) is 0 Å². The van der Waals surface area contributed by atoms with Crippen molar-refractivity contribution in [3.05, 3.63) is 0 Å². The van der Waals surface area contributed by atoms with E-state index in [2.05, 4.69) is 24.0 Å². The molecule has 1 heterocycles. The molecule has 6 heteroatoms. The van der Waals surface area contributed by atoms with E-state index in [4.69, 9.17) is 0 Å². The minimum absolute atomic E-state index is 0.136. The molecule has 0 aromatic rings. The lowest BCUT2D eigenvalue weighted by Gasteiger charge is -2.38. The van der Waals surface area contributed by atoms with Crippen LogP contribution >= 0.6 is 0 Å². The van der Waals surface area contributed by atoms with Gasteiger partial charge in [-0.05, 0) is 33.2 Å². The van der Waals surface area contributed by atoms with E-state index < -0.39 is 10.0 Å². The van der Waals surface area contributed by atoms with Gasteiger partial charge < -0.3 is 5.32 Å². The summed E-state index contributed by atoms with van der Waals surface area (Å²) >= 11 is 0. The molecule has 0 amide bonds. The van der Waals surface area contributed by atoms with Gasteiger partial charge in [0.05, 0.1) is 5.75 Å². The third-order valence-electron chi connectivity index (χ3n) is 3.24. The Bertz CT molecular complexity index is 309. The first kappa shape index (κ1) is 14.9. The van der Waals surface area contributed by atoms with Crippen LogP contribution in [-0.4, -0.2) is 44.4 Å². The number of hydrogen-bond donors (Lipinski definition) is 2. The number of hydrogen-bond acceptors (Lipinski definition) is 4. The molecule has 2 atom stereocenters. The molecule has 1 aliphatic heterocycles. The van der Waals surface area contributed by atoms with Gasteiger partial charge in [-0.1, -0.05) is 13.3 Å². The van der Waals surface area contributed by atoms with Crippen molar-refractivity contribution in [3.8, 4) is 0 Å². The van der Waals surface area contributed by atoms with Crippen LogP contribution in [0.25, 0.3) is 0 Å². The smallest absolute Gasteiger partial charge is 0.225 e. The first-order valence-corrected chi connectivity index (χ1v) is 8.10. The number of nitrogens with zero attached hydrogens (tertiary/aromatic N) is 1. The monoisotopic (exact) mass is 263 g/mol. The molecule has 1 aliphatic rings. The van der Waals surface area contributed by atoms with Crippen LogP contribution in [0.2, 0.25) is 0 Å². The van der Waals surface area contributed by atoms with E-state index in [-0.39, 0.29) is 17.8 Å². The zero-order valence-electron chi connectivity index (χ0n) is 11.1. The Hall–Kier alpha value is -0.170. The second-order valence-electron chi connectivity index (χ2n) is 4.80. The molecule has 0 aliphatic carbocycles. The van der Waals surface area contributed by atoms with Crippen molar-refractivity contribution < 1.29 is 8.42 Å².